The van der Waals surface area contributed by atoms with Crippen LogP contribution in [-0.4, -0.2) is 23.5 Å². The molecule has 1 aromatic heterocycles. The number of pyridine rings is 1. The van der Waals surface area contributed by atoms with E-state index < -0.39 is 0 Å². The SMILES string of the molecule is CN1Cc2cc(Cl)ccc2C(c2ccncc2)C1. The molecule has 92 valence electrons. The number of benzene rings is 1. The Hall–Kier alpha value is -1.38. The fourth-order valence-corrected chi connectivity index (χ4v) is 2.89. The third kappa shape index (κ3) is 2.14. The monoisotopic (exact) mass is 258 g/mol. The molecular formula is C15H15ClN2. The van der Waals surface area contributed by atoms with Gasteiger partial charge >= 0.3 is 0 Å². The molecule has 2 heterocycles. The van der Waals surface area contributed by atoms with Crippen LogP contribution in [0.4, 0.5) is 0 Å². The summed E-state index contributed by atoms with van der Waals surface area (Å²) in [7, 11) is 2.15. The van der Waals surface area contributed by atoms with Crippen LogP contribution in [0.15, 0.2) is 42.7 Å². The van der Waals surface area contributed by atoms with Crippen LogP contribution in [0.2, 0.25) is 5.02 Å². The summed E-state index contributed by atoms with van der Waals surface area (Å²) >= 11 is 6.09. The predicted molar refractivity (Wildman–Crippen MR) is 73.9 cm³/mol. The normalized spacial score (nSPS) is 19.6. The molecule has 2 nitrogen and oxygen atoms in total. The Labute approximate surface area is 112 Å². The molecule has 0 radical (unpaired) electrons. The quantitative estimate of drug-likeness (QED) is 0.780. The Morgan fingerprint density at radius 1 is 1.22 bits per heavy atom. The van der Waals surface area contributed by atoms with Crippen LogP contribution in [0.5, 0.6) is 0 Å². The Balaban J connectivity index is 2.08. The lowest BCUT2D eigenvalue weighted by molar-refractivity contribution is 0.295. The van der Waals surface area contributed by atoms with Crippen LogP contribution >= 0.6 is 11.6 Å². The van der Waals surface area contributed by atoms with Gasteiger partial charge in [-0.05, 0) is 48.0 Å². The maximum absolute atomic E-state index is 6.09. The first-order valence-corrected chi connectivity index (χ1v) is 6.48. The van der Waals surface area contributed by atoms with Crippen molar-refractivity contribution >= 4 is 11.6 Å². The van der Waals surface area contributed by atoms with Gasteiger partial charge in [-0.25, -0.2) is 0 Å². The van der Waals surface area contributed by atoms with E-state index in [9.17, 15) is 0 Å². The van der Waals surface area contributed by atoms with Crippen molar-refractivity contribution in [3.8, 4) is 0 Å². The average molecular weight is 259 g/mol. The summed E-state index contributed by atoms with van der Waals surface area (Å²) in [5.74, 6) is 0.416. The van der Waals surface area contributed by atoms with Gasteiger partial charge in [-0.3, -0.25) is 4.98 Å². The molecule has 3 heteroatoms. The maximum atomic E-state index is 6.09. The lowest BCUT2D eigenvalue weighted by Gasteiger charge is -2.32. The van der Waals surface area contributed by atoms with Crippen LogP contribution in [-0.2, 0) is 6.54 Å². The lowest BCUT2D eigenvalue weighted by Crippen LogP contribution is -2.30. The first kappa shape index (κ1) is 11.7. The third-order valence-electron chi connectivity index (χ3n) is 3.52. The van der Waals surface area contributed by atoms with Crippen LogP contribution in [0, 0.1) is 0 Å². The Morgan fingerprint density at radius 3 is 2.78 bits per heavy atom. The second-order valence-corrected chi connectivity index (χ2v) is 5.31. The van der Waals surface area contributed by atoms with E-state index in [1.807, 2.05) is 18.5 Å². The minimum absolute atomic E-state index is 0.416. The van der Waals surface area contributed by atoms with E-state index in [0.717, 1.165) is 18.1 Å². The van der Waals surface area contributed by atoms with Crippen LogP contribution < -0.4 is 0 Å². The van der Waals surface area contributed by atoms with Crippen LogP contribution in [0.1, 0.15) is 22.6 Å². The zero-order valence-corrected chi connectivity index (χ0v) is 11.1. The fourth-order valence-electron chi connectivity index (χ4n) is 2.70. The molecule has 1 aliphatic heterocycles. The molecule has 0 aliphatic carbocycles. The molecule has 2 aromatic rings. The summed E-state index contributed by atoms with van der Waals surface area (Å²) in [5, 5.41) is 0.817. The third-order valence-corrected chi connectivity index (χ3v) is 3.76. The molecule has 0 spiro atoms. The Bertz CT molecular complexity index is 554. The highest BCUT2D eigenvalue weighted by atomic mass is 35.5. The van der Waals surface area contributed by atoms with Gasteiger partial charge in [0.2, 0.25) is 0 Å². The number of hydrogen-bond acceptors (Lipinski definition) is 2. The first-order valence-electron chi connectivity index (χ1n) is 6.11. The summed E-state index contributed by atoms with van der Waals surface area (Å²) in [4.78, 5) is 6.43. The summed E-state index contributed by atoms with van der Waals surface area (Å²) < 4.78 is 0. The number of likely N-dealkylation sites (N-methyl/N-ethyl adjacent to an activating group) is 1. The zero-order valence-electron chi connectivity index (χ0n) is 10.3. The first-order chi connectivity index (χ1) is 8.74. The summed E-state index contributed by atoms with van der Waals surface area (Å²) in [5.41, 5.74) is 4.04. The molecule has 1 aliphatic rings. The molecule has 0 saturated carbocycles. The highest BCUT2D eigenvalue weighted by Gasteiger charge is 2.24. The molecular weight excluding hydrogens is 244 g/mol. The van der Waals surface area contributed by atoms with E-state index >= 15 is 0 Å². The van der Waals surface area contributed by atoms with Crippen molar-refractivity contribution in [2.45, 2.75) is 12.5 Å². The van der Waals surface area contributed by atoms with Gasteiger partial charge in [-0.2, -0.15) is 0 Å². The van der Waals surface area contributed by atoms with Gasteiger partial charge in [-0.15, -0.1) is 0 Å². The Morgan fingerprint density at radius 2 is 2.00 bits per heavy atom. The van der Waals surface area contributed by atoms with E-state index in [2.05, 4.69) is 41.2 Å². The average Bonchev–Trinajstić information content (AvgIpc) is 2.38. The van der Waals surface area contributed by atoms with E-state index in [1.54, 1.807) is 0 Å². The zero-order chi connectivity index (χ0) is 12.5. The standard InChI is InChI=1S/C15H15ClN2/c1-18-9-12-8-13(16)2-3-14(12)15(10-18)11-4-6-17-7-5-11/h2-8,15H,9-10H2,1H3. The topological polar surface area (TPSA) is 16.1 Å². The molecule has 1 aromatic carbocycles. The van der Waals surface area contributed by atoms with Crippen molar-refractivity contribution in [1.82, 2.24) is 9.88 Å². The van der Waals surface area contributed by atoms with E-state index in [0.29, 0.717) is 5.92 Å². The number of aromatic nitrogens is 1. The summed E-state index contributed by atoms with van der Waals surface area (Å²) in [6, 6.07) is 10.4. The van der Waals surface area contributed by atoms with Gasteiger partial charge in [0.05, 0.1) is 0 Å². The highest BCUT2D eigenvalue weighted by molar-refractivity contribution is 6.30. The fraction of sp³-hybridized carbons (Fsp3) is 0.267. The second-order valence-electron chi connectivity index (χ2n) is 4.87. The second kappa shape index (κ2) is 4.71. The van der Waals surface area contributed by atoms with E-state index in [1.165, 1.54) is 16.7 Å². The van der Waals surface area contributed by atoms with Gasteiger partial charge in [0, 0.05) is 36.4 Å². The van der Waals surface area contributed by atoms with Crippen molar-refractivity contribution in [2.24, 2.45) is 0 Å². The molecule has 1 unspecified atom stereocenters. The molecule has 1 atom stereocenters. The van der Waals surface area contributed by atoms with Crippen LogP contribution in [0.25, 0.3) is 0 Å². The Kier molecular flexibility index (Phi) is 3.06. The molecule has 0 fully saturated rings. The van der Waals surface area contributed by atoms with Gasteiger partial charge < -0.3 is 4.90 Å². The molecule has 0 saturated heterocycles. The number of rotatable bonds is 1. The van der Waals surface area contributed by atoms with Gasteiger partial charge in [-0.1, -0.05) is 17.7 Å². The molecule has 3 rings (SSSR count). The van der Waals surface area contributed by atoms with E-state index in [-0.39, 0.29) is 0 Å². The molecule has 0 bridgehead atoms. The van der Waals surface area contributed by atoms with Crippen molar-refractivity contribution in [2.75, 3.05) is 13.6 Å². The largest absolute Gasteiger partial charge is 0.301 e. The predicted octanol–water partition coefficient (Wildman–Crippen LogP) is 3.31. The van der Waals surface area contributed by atoms with Gasteiger partial charge in [0.25, 0.3) is 0 Å². The molecule has 0 amide bonds. The van der Waals surface area contributed by atoms with Crippen LogP contribution in [0.3, 0.4) is 0 Å². The maximum Gasteiger partial charge on any atom is 0.0409 e. The minimum Gasteiger partial charge on any atom is -0.301 e. The van der Waals surface area contributed by atoms with Gasteiger partial charge in [0.15, 0.2) is 0 Å². The highest BCUT2D eigenvalue weighted by Crippen LogP contribution is 2.33. The van der Waals surface area contributed by atoms with Gasteiger partial charge in [0.1, 0.15) is 0 Å². The number of halogens is 1. The van der Waals surface area contributed by atoms with Crippen molar-refractivity contribution < 1.29 is 0 Å². The minimum atomic E-state index is 0.416. The van der Waals surface area contributed by atoms with Crippen molar-refractivity contribution in [1.29, 1.82) is 0 Å². The van der Waals surface area contributed by atoms with Crippen molar-refractivity contribution in [3.63, 3.8) is 0 Å². The van der Waals surface area contributed by atoms with Crippen molar-refractivity contribution in [3.05, 3.63) is 64.4 Å². The smallest absolute Gasteiger partial charge is 0.0409 e. The number of hydrogen-bond donors (Lipinski definition) is 0. The lowest BCUT2D eigenvalue weighted by atomic mass is 9.85. The summed E-state index contributed by atoms with van der Waals surface area (Å²) in [6.45, 7) is 2.01. The molecule has 0 N–H and O–H groups in total. The number of fused-ring (bicyclic) bond motifs is 1. The molecule has 18 heavy (non-hydrogen) atoms. The summed E-state index contributed by atoms with van der Waals surface area (Å²) in [6.07, 6.45) is 3.72. The van der Waals surface area contributed by atoms with E-state index in [4.69, 9.17) is 11.6 Å². The number of nitrogens with zero attached hydrogens (tertiary/aromatic N) is 2.